The lowest BCUT2D eigenvalue weighted by molar-refractivity contribution is 0.0891. The second-order valence-electron chi connectivity index (χ2n) is 5.86. The molecule has 1 aliphatic rings. The van der Waals surface area contributed by atoms with E-state index >= 15 is 0 Å². The Morgan fingerprint density at radius 1 is 1.20 bits per heavy atom. The first-order valence-corrected chi connectivity index (χ1v) is 7.50. The van der Waals surface area contributed by atoms with Gasteiger partial charge in [-0.05, 0) is 43.9 Å². The molecule has 1 aromatic rings. The van der Waals surface area contributed by atoms with Crippen LogP contribution in [-0.2, 0) is 0 Å². The Kier molecular flexibility index (Phi) is 4.81. The fourth-order valence-electron chi connectivity index (χ4n) is 3.11. The van der Waals surface area contributed by atoms with Gasteiger partial charge in [0.05, 0.1) is 12.7 Å². The van der Waals surface area contributed by atoms with Crippen LogP contribution in [0.3, 0.4) is 0 Å². The third kappa shape index (κ3) is 2.88. The number of rotatable bonds is 3. The molecule has 1 aliphatic carbocycles. The van der Waals surface area contributed by atoms with E-state index in [4.69, 9.17) is 10.5 Å². The van der Waals surface area contributed by atoms with E-state index < -0.39 is 0 Å². The van der Waals surface area contributed by atoms with Gasteiger partial charge in [-0.2, -0.15) is 0 Å². The Bertz CT molecular complexity index is 496. The molecular formula is C17H25NO2. The van der Waals surface area contributed by atoms with Gasteiger partial charge in [-0.1, -0.05) is 25.3 Å². The number of ether oxygens (including phenoxy) is 1. The summed E-state index contributed by atoms with van der Waals surface area (Å²) in [7, 11) is 1.63. The molecule has 0 saturated heterocycles. The van der Waals surface area contributed by atoms with E-state index in [1.165, 1.54) is 6.42 Å². The highest BCUT2D eigenvalue weighted by molar-refractivity contribution is 6.01. The number of carbonyl (C=O) groups is 1. The molecule has 2 rings (SSSR count). The van der Waals surface area contributed by atoms with E-state index in [1.807, 2.05) is 26.0 Å². The minimum absolute atomic E-state index is 0.0173. The van der Waals surface area contributed by atoms with Gasteiger partial charge in [0.1, 0.15) is 5.75 Å². The second kappa shape index (κ2) is 6.40. The van der Waals surface area contributed by atoms with Crippen molar-refractivity contribution in [2.24, 2.45) is 11.7 Å². The van der Waals surface area contributed by atoms with Crippen LogP contribution in [0.25, 0.3) is 0 Å². The SMILES string of the molecule is COc1c(C(=O)C2CCCCCC2N)ccc(C)c1C. The van der Waals surface area contributed by atoms with Gasteiger partial charge in [-0.25, -0.2) is 0 Å². The number of hydrogen-bond acceptors (Lipinski definition) is 3. The molecule has 2 unspecified atom stereocenters. The van der Waals surface area contributed by atoms with Crippen molar-refractivity contribution >= 4 is 5.78 Å². The maximum atomic E-state index is 12.8. The van der Waals surface area contributed by atoms with Gasteiger partial charge in [-0.3, -0.25) is 4.79 Å². The van der Waals surface area contributed by atoms with Crippen molar-refractivity contribution in [3.8, 4) is 5.75 Å². The summed E-state index contributed by atoms with van der Waals surface area (Å²) in [5.41, 5.74) is 9.09. The summed E-state index contributed by atoms with van der Waals surface area (Å²) in [5, 5.41) is 0. The Morgan fingerprint density at radius 2 is 1.90 bits per heavy atom. The molecule has 0 aliphatic heterocycles. The lowest BCUT2D eigenvalue weighted by atomic mass is 9.86. The molecule has 2 N–H and O–H groups in total. The van der Waals surface area contributed by atoms with Gasteiger partial charge in [-0.15, -0.1) is 0 Å². The monoisotopic (exact) mass is 275 g/mol. The summed E-state index contributed by atoms with van der Waals surface area (Å²) in [6.07, 6.45) is 5.26. The van der Waals surface area contributed by atoms with E-state index in [9.17, 15) is 4.79 Å². The lowest BCUT2D eigenvalue weighted by Gasteiger charge is -2.22. The zero-order valence-corrected chi connectivity index (χ0v) is 12.7. The first-order chi connectivity index (χ1) is 9.56. The molecule has 1 aromatic carbocycles. The van der Waals surface area contributed by atoms with Crippen LogP contribution in [0.15, 0.2) is 12.1 Å². The van der Waals surface area contributed by atoms with Crippen LogP contribution >= 0.6 is 0 Å². The summed E-state index contributed by atoms with van der Waals surface area (Å²) < 4.78 is 5.47. The van der Waals surface area contributed by atoms with Crippen LogP contribution in [0.5, 0.6) is 5.75 Å². The van der Waals surface area contributed by atoms with Crippen LogP contribution in [0.2, 0.25) is 0 Å². The Hall–Kier alpha value is -1.35. The minimum Gasteiger partial charge on any atom is -0.496 e. The summed E-state index contributed by atoms with van der Waals surface area (Å²) in [6.45, 7) is 4.03. The third-order valence-corrected chi connectivity index (χ3v) is 4.55. The van der Waals surface area contributed by atoms with Crippen molar-refractivity contribution < 1.29 is 9.53 Å². The molecule has 1 saturated carbocycles. The molecule has 0 spiro atoms. The zero-order valence-electron chi connectivity index (χ0n) is 12.7. The largest absolute Gasteiger partial charge is 0.496 e. The molecule has 2 atom stereocenters. The van der Waals surface area contributed by atoms with Gasteiger partial charge < -0.3 is 10.5 Å². The molecule has 1 fully saturated rings. The third-order valence-electron chi connectivity index (χ3n) is 4.55. The number of aryl methyl sites for hydroxylation is 1. The highest BCUT2D eigenvalue weighted by atomic mass is 16.5. The number of methoxy groups -OCH3 is 1. The molecule has 0 aromatic heterocycles. The number of ketones is 1. The summed E-state index contributed by atoms with van der Waals surface area (Å²) in [4.78, 5) is 12.8. The van der Waals surface area contributed by atoms with E-state index in [-0.39, 0.29) is 17.7 Å². The minimum atomic E-state index is -0.0616. The van der Waals surface area contributed by atoms with Gasteiger partial charge in [0, 0.05) is 12.0 Å². The molecule has 0 heterocycles. The van der Waals surface area contributed by atoms with Crippen molar-refractivity contribution in [1.29, 1.82) is 0 Å². The second-order valence-corrected chi connectivity index (χ2v) is 5.86. The van der Waals surface area contributed by atoms with E-state index in [2.05, 4.69) is 0 Å². The van der Waals surface area contributed by atoms with E-state index in [1.54, 1.807) is 7.11 Å². The Morgan fingerprint density at radius 3 is 2.60 bits per heavy atom. The molecule has 0 bridgehead atoms. The van der Waals surface area contributed by atoms with Crippen molar-refractivity contribution in [1.82, 2.24) is 0 Å². The number of Topliss-reactive ketones (excluding diaryl/α,β-unsaturated/α-hetero) is 1. The first-order valence-electron chi connectivity index (χ1n) is 7.50. The molecule has 0 amide bonds. The molecule has 3 nitrogen and oxygen atoms in total. The molecule has 0 radical (unpaired) electrons. The summed E-state index contributed by atoms with van der Waals surface area (Å²) in [5.74, 6) is 0.805. The Balaban J connectivity index is 2.35. The lowest BCUT2D eigenvalue weighted by Crippen LogP contribution is -2.34. The van der Waals surface area contributed by atoms with Crippen LogP contribution in [0.4, 0.5) is 0 Å². The fraction of sp³-hybridized carbons (Fsp3) is 0.588. The number of benzene rings is 1. The van der Waals surface area contributed by atoms with Gasteiger partial charge in [0.15, 0.2) is 5.78 Å². The molecule has 20 heavy (non-hydrogen) atoms. The molecule has 3 heteroatoms. The highest BCUT2D eigenvalue weighted by Crippen LogP contribution is 2.32. The molecular weight excluding hydrogens is 250 g/mol. The molecule has 110 valence electrons. The van der Waals surface area contributed by atoms with Crippen LogP contribution in [0.1, 0.15) is 53.6 Å². The normalized spacial score (nSPS) is 23.2. The standard InChI is InChI=1S/C17H25NO2/c1-11-9-10-14(17(20-3)12(11)2)16(19)13-7-5-4-6-8-15(13)18/h9-10,13,15H,4-8,18H2,1-3H3. The fourth-order valence-corrected chi connectivity index (χ4v) is 3.11. The number of hydrogen-bond donors (Lipinski definition) is 1. The van der Waals surface area contributed by atoms with Crippen LogP contribution in [0, 0.1) is 19.8 Å². The number of carbonyl (C=O) groups excluding carboxylic acids is 1. The maximum Gasteiger partial charge on any atom is 0.171 e. The summed E-state index contributed by atoms with van der Waals surface area (Å²) in [6, 6.07) is 3.87. The van der Waals surface area contributed by atoms with Crippen molar-refractivity contribution in [2.45, 2.75) is 52.0 Å². The average molecular weight is 275 g/mol. The van der Waals surface area contributed by atoms with Gasteiger partial charge in [0.2, 0.25) is 0 Å². The highest BCUT2D eigenvalue weighted by Gasteiger charge is 2.30. The van der Waals surface area contributed by atoms with Crippen LogP contribution in [-0.4, -0.2) is 18.9 Å². The van der Waals surface area contributed by atoms with Crippen molar-refractivity contribution in [3.63, 3.8) is 0 Å². The van der Waals surface area contributed by atoms with Gasteiger partial charge >= 0.3 is 0 Å². The number of nitrogens with two attached hydrogens (primary N) is 1. The maximum absolute atomic E-state index is 12.8. The first kappa shape index (κ1) is 15.0. The summed E-state index contributed by atoms with van der Waals surface area (Å²) >= 11 is 0. The van der Waals surface area contributed by atoms with Crippen molar-refractivity contribution in [2.75, 3.05) is 7.11 Å². The van der Waals surface area contributed by atoms with E-state index in [0.29, 0.717) is 11.3 Å². The topological polar surface area (TPSA) is 52.3 Å². The zero-order chi connectivity index (χ0) is 14.7. The average Bonchev–Trinajstić information content (AvgIpc) is 2.65. The predicted molar refractivity (Wildman–Crippen MR) is 81.3 cm³/mol. The van der Waals surface area contributed by atoms with E-state index in [0.717, 1.165) is 36.8 Å². The van der Waals surface area contributed by atoms with Crippen LogP contribution < -0.4 is 10.5 Å². The van der Waals surface area contributed by atoms with Crippen molar-refractivity contribution in [3.05, 3.63) is 28.8 Å². The quantitative estimate of drug-likeness (QED) is 0.679. The predicted octanol–water partition coefficient (Wildman–Crippen LogP) is 3.40. The van der Waals surface area contributed by atoms with Gasteiger partial charge in [0.25, 0.3) is 0 Å². The smallest absolute Gasteiger partial charge is 0.171 e. The Labute approximate surface area is 121 Å².